The topological polar surface area (TPSA) is 136 Å². The number of ether oxygens (including phenoxy) is 6. The predicted molar refractivity (Wildman–Crippen MR) is 122 cm³/mol. The van der Waals surface area contributed by atoms with Gasteiger partial charge in [-0.05, 0) is 38.0 Å². The summed E-state index contributed by atoms with van der Waals surface area (Å²) in [5.74, 6) is -1.29. The number of carbonyl (C=O) groups is 4. The molecule has 11 nitrogen and oxygen atoms in total. The van der Waals surface area contributed by atoms with Crippen LogP contribution in [0.25, 0.3) is 0 Å². The third-order valence-corrected chi connectivity index (χ3v) is 4.05. The maximum atomic E-state index is 12.2. The summed E-state index contributed by atoms with van der Waals surface area (Å²) in [5.41, 5.74) is 0.563. The van der Waals surface area contributed by atoms with E-state index < -0.39 is 24.3 Å². The van der Waals surface area contributed by atoms with Gasteiger partial charge in [0, 0.05) is 6.54 Å². The zero-order valence-corrected chi connectivity index (χ0v) is 20.7. The summed E-state index contributed by atoms with van der Waals surface area (Å²) in [6, 6.07) is 3.64. The van der Waals surface area contributed by atoms with Crippen molar-refractivity contribution in [1.82, 2.24) is 5.32 Å². The Morgan fingerprint density at radius 3 is 2.00 bits per heavy atom. The van der Waals surface area contributed by atoms with Gasteiger partial charge >= 0.3 is 24.2 Å². The number of hydrogen-bond acceptors (Lipinski definition) is 11. The summed E-state index contributed by atoms with van der Waals surface area (Å²) < 4.78 is 29.6. The Bertz CT molecular complexity index is 815. The number of halogens is 1. The first kappa shape index (κ1) is 30.9. The first-order valence-corrected chi connectivity index (χ1v) is 10.5. The fourth-order valence-corrected chi connectivity index (χ4v) is 2.49. The molecule has 0 fully saturated rings. The molecule has 0 aliphatic rings. The maximum Gasteiger partial charge on any atom is 0.513 e. The van der Waals surface area contributed by atoms with Crippen LogP contribution >= 0.6 is 12.4 Å². The molecule has 0 saturated carbocycles. The Morgan fingerprint density at radius 1 is 0.882 bits per heavy atom. The molecule has 1 aromatic carbocycles. The summed E-state index contributed by atoms with van der Waals surface area (Å²) in [5, 5.41) is 2.97. The summed E-state index contributed by atoms with van der Waals surface area (Å²) in [7, 11) is 1.25. The molecule has 0 aromatic heterocycles. The average Bonchev–Trinajstić information content (AvgIpc) is 2.77. The quantitative estimate of drug-likeness (QED) is 0.194. The molecule has 12 heteroatoms. The largest absolute Gasteiger partial charge is 0.513 e. The number of methoxy groups -OCH3 is 1. The molecule has 0 spiro atoms. The second-order valence-electron chi connectivity index (χ2n) is 6.91. The van der Waals surface area contributed by atoms with E-state index in [1.807, 2.05) is 0 Å². The van der Waals surface area contributed by atoms with Gasteiger partial charge in [-0.3, -0.25) is 9.59 Å². The highest BCUT2D eigenvalue weighted by molar-refractivity contribution is 5.85. The van der Waals surface area contributed by atoms with Gasteiger partial charge in [-0.15, -0.1) is 12.4 Å². The van der Waals surface area contributed by atoms with Crippen LogP contribution in [0, 0.1) is 5.92 Å². The fraction of sp³-hybridized carbons (Fsp3) is 0.545. The van der Waals surface area contributed by atoms with E-state index in [1.54, 1.807) is 33.8 Å². The number of carbonyl (C=O) groups excluding carboxylic acids is 4. The van der Waals surface area contributed by atoms with Gasteiger partial charge in [0.1, 0.15) is 12.6 Å². The van der Waals surface area contributed by atoms with Crippen LogP contribution in [0.15, 0.2) is 18.2 Å². The molecule has 1 atom stereocenters. The Morgan fingerprint density at radius 2 is 1.47 bits per heavy atom. The van der Waals surface area contributed by atoms with Crippen molar-refractivity contribution in [3.63, 3.8) is 0 Å². The summed E-state index contributed by atoms with van der Waals surface area (Å²) in [6.07, 6.45) is -1.81. The number of hydrogen-bond donors (Lipinski definition) is 1. The number of rotatable bonds is 12. The normalized spacial score (nSPS) is 11.0. The monoisotopic (exact) mass is 505 g/mol. The van der Waals surface area contributed by atoms with Crippen molar-refractivity contribution in [2.24, 2.45) is 5.92 Å². The minimum Gasteiger partial charge on any atom is -0.468 e. The van der Waals surface area contributed by atoms with Crippen molar-refractivity contribution in [1.29, 1.82) is 0 Å². The Hall–Kier alpha value is -3.05. The highest BCUT2D eigenvalue weighted by Crippen LogP contribution is 2.30. The lowest BCUT2D eigenvalue weighted by molar-refractivity contribution is -0.147. The average molecular weight is 506 g/mol. The number of benzene rings is 1. The van der Waals surface area contributed by atoms with E-state index in [9.17, 15) is 19.2 Å². The van der Waals surface area contributed by atoms with E-state index >= 15 is 0 Å². The number of nitrogens with one attached hydrogen (secondary N) is 1. The molecule has 0 bridgehead atoms. The highest BCUT2D eigenvalue weighted by Gasteiger charge is 2.22. The zero-order valence-electron chi connectivity index (χ0n) is 19.9. The third-order valence-electron chi connectivity index (χ3n) is 4.05. The van der Waals surface area contributed by atoms with Crippen LogP contribution in [0.1, 0.15) is 33.3 Å². The van der Waals surface area contributed by atoms with Gasteiger partial charge in [-0.2, -0.15) is 0 Å². The lowest BCUT2D eigenvalue weighted by Gasteiger charge is -2.18. The van der Waals surface area contributed by atoms with Crippen LogP contribution in [0.2, 0.25) is 0 Å². The molecular weight excluding hydrogens is 474 g/mol. The van der Waals surface area contributed by atoms with Crippen molar-refractivity contribution in [3.05, 3.63) is 23.8 Å². The van der Waals surface area contributed by atoms with Gasteiger partial charge in [0.05, 0.1) is 26.2 Å². The first-order chi connectivity index (χ1) is 15.7. The zero-order chi connectivity index (χ0) is 24.8. The molecule has 0 radical (unpaired) electrons. The highest BCUT2D eigenvalue weighted by atomic mass is 35.5. The minimum absolute atomic E-state index is 0. The molecule has 0 saturated heterocycles. The van der Waals surface area contributed by atoms with Crippen LogP contribution in [0.5, 0.6) is 11.5 Å². The van der Waals surface area contributed by atoms with Crippen molar-refractivity contribution in [2.45, 2.75) is 40.2 Å². The van der Waals surface area contributed by atoms with E-state index in [2.05, 4.69) is 5.32 Å². The van der Waals surface area contributed by atoms with Gasteiger partial charge in [0.15, 0.2) is 11.5 Å². The van der Waals surface area contributed by atoms with E-state index in [-0.39, 0.29) is 68.6 Å². The van der Waals surface area contributed by atoms with Crippen LogP contribution in [0.4, 0.5) is 9.59 Å². The number of esters is 2. The van der Waals surface area contributed by atoms with Crippen molar-refractivity contribution in [3.8, 4) is 11.5 Å². The Balaban J connectivity index is 0.0000109. The van der Waals surface area contributed by atoms with E-state index in [0.29, 0.717) is 5.56 Å². The lowest BCUT2D eigenvalue weighted by atomic mass is 10.1. The van der Waals surface area contributed by atoms with Gasteiger partial charge in [-0.1, -0.05) is 19.9 Å². The van der Waals surface area contributed by atoms with E-state index in [0.717, 1.165) is 0 Å². The van der Waals surface area contributed by atoms with Gasteiger partial charge in [0.25, 0.3) is 0 Å². The Kier molecular flexibility index (Phi) is 15.1. The standard InChI is InChI=1S/C22H31NO10.ClH/c1-6-29-21(26)32-17-9-8-15(13-18(17)33-22(27)30-7-2)12-16(20(25)28-5)23-10-11-31-19(24)14(3)4;/h8-9,13-14,16,23H,6-7,10-12H2,1-5H3;1H/t16-;/m0./s1. The van der Waals surface area contributed by atoms with Crippen molar-refractivity contribution in [2.75, 3.05) is 33.5 Å². The SMILES string of the molecule is CCOC(=O)Oc1ccc(C[C@H](NCCOC(=O)C(C)C)C(=O)OC)cc1OC(=O)OCC.Cl. The molecular formula is C22H32ClNO10. The molecule has 0 unspecified atom stereocenters. The smallest absolute Gasteiger partial charge is 0.468 e. The van der Waals surface area contributed by atoms with Gasteiger partial charge in [-0.25, -0.2) is 9.59 Å². The molecule has 0 aliphatic carbocycles. The predicted octanol–water partition coefficient (Wildman–Crippen LogP) is 3.05. The van der Waals surface area contributed by atoms with Gasteiger partial charge in [0.2, 0.25) is 0 Å². The molecule has 0 amide bonds. The van der Waals surface area contributed by atoms with Crippen LogP contribution in [-0.4, -0.2) is 63.8 Å². The fourth-order valence-electron chi connectivity index (χ4n) is 2.49. The van der Waals surface area contributed by atoms with Crippen LogP contribution in [0.3, 0.4) is 0 Å². The van der Waals surface area contributed by atoms with E-state index in [1.165, 1.54) is 19.2 Å². The lowest BCUT2D eigenvalue weighted by Crippen LogP contribution is -2.41. The summed E-state index contributed by atoms with van der Waals surface area (Å²) in [4.78, 5) is 47.2. The van der Waals surface area contributed by atoms with Crippen molar-refractivity contribution < 1.29 is 47.6 Å². The molecule has 34 heavy (non-hydrogen) atoms. The van der Waals surface area contributed by atoms with Crippen LogP contribution in [-0.2, 0) is 35.0 Å². The third kappa shape index (κ3) is 11.2. The summed E-state index contributed by atoms with van der Waals surface area (Å²) >= 11 is 0. The van der Waals surface area contributed by atoms with Crippen LogP contribution < -0.4 is 14.8 Å². The summed E-state index contributed by atoms with van der Waals surface area (Å²) in [6.45, 7) is 7.15. The second kappa shape index (κ2) is 16.5. The molecule has 1 aromatic rings. The minimum atomic E-state index is -0.988. The van der Waals surface area contributed by atoms with Crippen molar-refractivity contribution >= 4 is 36.7 Å². The molecule has 1 N–H and O–H groups in total. The second-order valence-corrected chi connectivity index (χ2v) is 6.91. The molecule has 192 valence electrons. The first-order valence-electron chi connectivity index (χ1n) is 10.5. The molecule has 0 aliphatic heterocycles. The Labute approximate surface area is 204 Å². The maximum absolute atomic E-state index is 12.2. The molecule has 1 rings (SSSR count). The molecule has 0 heterocycles. The van der Waals surface area contributed by atoms with E-state index in [4.69, 9.17) is 28.4 Å². The van der Waals surface area contributed by atoms with Gasteiger partial charge < -0.3 is 33.7 Å².